The zero-order chi connectivity index (χ0) is 12.3. The van der Waals surface area contributed by atoms with Gasteiger partial charge in [0, 0.05) is 21.6 Å². The number of nitrogens with one attached hydrogen (secondary N) is 1. The zero-order valence-electron chi connectivity index (χ0n) is 9.17. The topological polar surface area (TPSA) is 21.3 Å². The molecule has 17 heavy (non-hydrogen) atoms. The van der Waals surface area contributed by atoms with Crippen molar-refractivity contribution in [1.82, 2.24) is 0 Å². The van der Waals surface area contributed by atoms with Crippen LogP contribution in [0.5, 0.6) is 5.75 Å². The predicted molar refractivity (Wildman–Crippen MR) is 80.0 cm³/mol. The summed E-state index contributed by atoms with van der Waals surface area (Å²) >= 11 is 8.69. The SMILES string of the molecule is COc1ccc(NCc2cc(Br)c(Br)s2)cc1. The number of benzene rings is 1. The molecule has 90 valence electrons. The van der Waals surface area contributed by atoms with E-state index in [-0.39, 0.29) is 0 Å². The fourth-order valence-corrected chi connectivity index (χ4v) is 3.49. The molecular weight excluding hydrogens is 366 g/mol. The van der Waals surface area contributed by atoms with Gasteiger partial charge < -0.3 is 10.1 Å². The van der Waals surface area contributed by atoms with Gasteiger partial charge >= 0.3 is 0 Å². The molecule has 1 aromatic carbocycles. The normalized spacial score (nSPS) is 10.3. The maximum atomic E-state index is 5.11. The van der Waals surface area contributed by atoms with Gasteiger partial charge in [-0.2, -0.15) is 0 Å². The van der Waals surface area contributed by atoms with Gasteiger partial charge in [-0.25, -0.2) is 0 Å². The first-order valence-corrected chi connectivity index (χ1v) is 7.41. The van der Waals surface area contributed by atoms with Crippen LogP contribution in [0.3, 0.4) is 0 Å². The van der Waals surface area contributed by atoms with Crippen LogP contribution in [0, 0.1) is 0 Å². The van der Waals surface area contributed by atoms with Crippen LogP contribution < -0.4 is 10.1 Å². The molecule has 0 spiro atoms. The highest BCUT2D eigenvalue weighted by atomic mass is 79.9. The molecule has 0 saturated heterocycles. The minimum absolute atomic E-state index is 0.821. The van der Waals surface area contributed by atoms with E-state index in [9.17, 15) is 0 Å². The van der Waals surface area contributed by atoms with E-state index in [2.05, 4.69) is 43.2 Å². The van der Waals surface area contributed by atoms with Gasteiger partial charge in [-0.1, -0.05) is 0 Å². The molecule has 0 aliphatic rings. The van der Waals surface area contributed by atoms with Crippen molar-refractivity contribution in [3.63, 3.8) is 0 Å². The van der Waals surface area contributed by atoms with Crippen LogP contribution in [-0.4, -0.2) is 7.11 Å². The molecule has 0 aliphatic heterocycles. The maximum absolute atomic E-state index is 5.11. The summed E-state index contributed by atoms with van der Waals surface area (Å²) in [6.45, 7) is 0.821. The Morgan fingerprint density at radius 2 is 1.94 bits per heavy atom. The highest BCUT2D eigenvalue weighted by Gasteiger charge is 2.03. The fourth-order valence-electron chi connectivity index (χ4n) is 1.38. The summed E-state index contributed by atoms with van der Waals surface area (Å²) in [5.41, 5.74) is 1.09. The Morgan fingerprint density at radius 3 is 2.47 bits per heavy atom. The highest BCUT2D eigenvalue weighted by molar-refractivity contribution is 9.13. The van der Waals surface area contributed by atoms with Gasteiger partial charge in [0.2, 0.25) is 0 Å². The second-order valence-electron chi connectivity index (χ2n) is 3.42. The van der Waals surface area contributed by atoms with Crippen LogP contribution in [-0.2, 0) is 6.54 Å². The summed E-state index contributed by atoms with van der Waals surface area (Å²) in [5.74, 6) is 0.872. The summed E-state index contributed by atoms with van der Waals surface area (Å²) in [6, 6.07) is 10.0. The third-order valence-corrected chi connectivity index (χ3v) is 5.51. The Morgan fingerprint density at radius 1 is 1.24 bits per heavy atom. The van der Waals surface area contributed by atoms with Gasteiger partial charge in [-0.05, 0) is 62.2 Å². The van der Waals surface area contributed by atoms with E-state index in [1.807, 2.05) is 24.3 Å². The summed E-state index contributed by atoms with van der Waals surface area (Å²) < 4.78 is 7.35. The molecule has 2 aromatic rings. The number of hydrogen-bond donors (Lipinski definition) is 1. The van der Waals surface area contributed by atoms with Crippen molar-refractivity contribution in [1.29, 1.82) is 0 Å². The smallest absolute Gasteiger partial charge is 0.119 e. The molecule has 0 radical (unpaired) electrons. The van der Waals surface area contributed by atoms with Crippen molar-refractivity contribution in [2.75, 3.05) is 12.4 Å². The van der Waals surface area contributed by atoms with E-state index >= 15 is 0 Å². The van der Waals surface area contributed by atoms with Crippen LogP contribution in [0.2, 0.25) is 0 Å². The molecule has 2 rings (SSSR count). The molecule has 0 saturated carbocycles. The van der Waals surface area contributed by atoms with Crippen molar-refractivity contribution in [2.45, 2.75) is 6.54 Å². The van der Waals surface area contributed by atoms with Crippen molar-refractivity contribution in [2.24, 2.45) is 0 Å². The average molecular weight is 377 g/mol. The number of anilines is 1. The summed E-state index contributed by atoms with van der Waals surface area (Å²) in [6.07, 6.45) is 0. The lowest BCUT2D eigenvalue weighted by molar-refractivity contribution is 0.415. The van der Waals surface area contributed by atoms with Gasteiger partial charge in [0.05, 0.1) is 10.9 Å². The molecule has 2 nitrogen and oxygen atoms in total. The van der Waals surface area contributed by atoms with Crippen LogP contribution in [0.15, 0.2) is 38.6 Å². The zero-order valence-corrected chi connectivity index (χ0v) is 13.2. The molecule has 1 aromatic heterocycles. The van der Waals surface area contributed by atoms with Gasteiger partial charge in [-0.3, -0.25) is 0 Å². The quantitative estimate of drug-likeness (QED) is 0.819. The highest BCUT2D eigenvalue weighted by Crippen LogP contribution is 2.32. The number of ether oxygens (including phenoxy) is 1. The Kier molecular flexibility index (Phi) is 4.48. The van der Waals surface area contributed by atoms with E-state index in [0.717, 1.165) is 26.2 Å². The minimum Gasteiger partial charge on any atom is -0.497 e. The van der Waals surface area contributed by atoms with Crippen molar-refractivity contribution in [3.8, 4) is 5.75 Å². The van der Waals surface area contributed by atoms with Gasteiger partial charge in [-0.15, -0.1) is 11.3 Å². The largest absolute Gasteiger partial charge is 0.497 e. The third-order valence-electron chi connectivity index (χ3n) is 2.25. The van der Waals surface area contributed by atoms with Crippen LogP contribution in [0.25, 0.3) is 0 Å². The van der Waals surface area contributed by atoms with E-state index < -0.39 is 0 Å². The third kappa shape index (κ3) is 3.47. The molecule has 1 heterocycles. The minimum atomic E-state index is 0.821. The number of thiophene rings is 1. The summed E-state index contributed by atoms with van der Waals surface area (Å²) in [5, 5.41) is 3.37. The van der Waals surface area contributed by atoms with Gasteiger partial charge in [0.25, 0.3) is 0 Å². The van der Waals surface area contributed by atoms with Crippen LogP contribution in [0.4, 0.5) is 5.69 Å². The first kappa shape index (κ1) is 12.9. The summed E-state index contributed by atoms with van der Waals surface area (Å²) in [4.78, 5) is 1.28. The molecule has 1 N–H and O–H groups in total. The number of rotatable bonds is 4. The first-order valence-electron chi connectivity index (χ1n) is 5.00. The molecular formula is C12H11Br2NOS. The Labute approximate surface area is 121 Å². The molecule has 0 amide bonds. The first-order chi connectivity index (χ1) is 8.19. The van der Waals surface area contributed by atoms with Crippen LogP contribution in [0.1, 0.15) is 4.88 Å². The fraction of sp³-hybridized carbons (Fsp3) is 0.167. The molecule has 0 atom stereocenters. The Bertz CT molecular complexity index is 476. The Hall–Kier alpha value is -0.520. The number of hydrogen-bond acceptors (Lipinski definition) is 3. The van der Waals surface area contributed by atoms with Gasteiger partial charge in [0.15, 0.2) is 0 Å². The molecule has 5 heteroatoms. The maximum Gasteiger partial charge on any atom is 0.119 e. The monoisotopic (exact) mass is 375 g/mol. The number of methoxy groups -OCH3 is 1. The Balaban J connectivity index is 1.97. The lowest BCUT2D eigenvalue weighted by atomic mass is 10.3. The molecule has 0 bridgehead atoms. The second-order valence-corrected chi connectivity index (χ2v) is 6.73. The van der Waals surface area contributed by atoms with E-state index in [1.165, 1.54) is 4.88 Å². The van der Waals surface area contributed by atoms with E-state index in [4.69, 9.17) is 4.74 Å². The summed E-state index contributed by atoms with van der Waals surface area (Å²) in [7, 11) is 1.67. The van der Waals surface area contributed by atoms with Crippen molar-refractivity contribution in [3.05, 3.63) is 43.5 Å². The lowest BCUT2D eigenvalue weighted by Crippen LogP contribution is -1.96. The predicted octanol–water partition coefficient (Wildman–Crippen LogP) is 4.89. The van der Waals surface area contributed by atoms with Crippen molar-refractivity contribution >= 4 is 48.9 Å². The molecule has 0 aliphatic carbocycles. The van der Waals surface area contributed by atoms with E-state index in [0.29, 0.717) is 0 Å². The van der Waals surface area contributed by atoms with Crippen LogP contribution >= 0.6 is 43.2 Å². The van der Waals surface area contributed by atoms with Crippen molar-refractivity contribution < 1.29 is 4.74 Å². The molecule has 0 unspecified atom stereocenters. The average Bonchev–Trinajstić information content (AvgIpc) is 2.67. The van der Waals surface area contributed by atoms with E-state index in [1.54, 1.807) is 18.4 Å². The molecule has 0 fully saturated rings. The second kappa shape index (κ2) is 5.89. The van der Waals surface area contributed by atoms with Gasteiger partial charge in [0.1, 0.15) is 5.75 Å². The lowest BCUT2D eigenvalue weighted by Gasteiger charge is -2.05. The number of halogens is 2. The standard InChI is InChI=1S/C12H11Br2NOS/c1-16-9-4-2-8(3-5-9)15-7-10-6-11(13)12(14)17-10/h2-6,15H,7H2,1H3.